The lowest BCUT2D eigenvalue weighted by molar-refractivity contribution is -0.150. The first-order valence-corrected chi connectivity index (χ1v) is 8.80. The number of hydrogen-bond acceptors (Lipinski definition) is 7. The van der Waals surface area contributed by atoms with E-state index in [4.69, 9.17) is 24.7 Å². The molecule has 0 saturated carbocycles. The van der Waals surface area contributed by atoms with Crippen molar-refractivity contribution >= 4 is 17.8 Å². The van der Waals surface area contributed by atoms with E-state index in [0.29, 0.717) is 11.5 Å². The van der Waals surface area contributed by atoms with Gasteiger partial charge in [0.1, 0.15) is 5.75 Å². The van der Waals surface area contributed by atoms with Gasteiger partial charge in [0.2, 0.25) is 6.79 Å². The molecule has 9 nitrogen and oxygen atoms in total. The quantitative estimate of drug-likeness (QED) is 0.640. The molecule has 2 aromatic rings. The summed E-state index contributed by atoms with van der Waals surface area (Å²) in [5, 5.41) is 2.73. The molecule has 9 heteroatoms. The normalized spacial score (nSPS) is 12.7. The van der Waals surface area contributed by atoms with Crippen LogP contribution in [0.1, 0.15) is 28.9 Å². The molecule has 3 rings (SSSR count). The van der Waals surface area contributed by atoms with Gasteiger partial charge >= 0.3 is 5.97 Å². The van der Waals surface area contributed by atoms with Gasteiger partial charge in [-0.3, -0.25) is 9.59 Å². The van der Waals surface area contributed by atoms with E-state index in [2.05, 4.69) is 5.32 Å². The maximum atomic E-state index is 12.0. The Balaban J connectivity index is 1.44. The Morgan fingerprint density at radius 2 is 1.86 bits per heavy atom. The fourth-order valence-electron chi connectivity index (χ4n) is 2.67. The zero-order chi connectivity index (χ0) is 20.8. The van der Waals surface area contributed by atoms with Crippen molar-refractivity contribution in [2.75, 3.05) is 20.0 Å². The average molecular weight is 400 g/mol. The van der Waals surface area contributed by atoms with E-state index in [-0.39, 0.29) is 24.1 Å². The van der Waals surface area contributed by atoms with Crippen LogP contribution in [0.3, 0.4) is 0 Å². The molecule has 1 aliphatic rings. The number of benzene rings is 2. The van der Waals surface area contributed by atoms with Gasteiger partial charge in [-0.1, -0.05) is 18.2 Å². The first kappa shape index (κ1) is 20.0. The predicted molar refractivity (Wildman–Crippen MR) is 101 cm³/mol. The van der Waals surface area contributed by atoms with Crippen LogP contribution in [0.5, 0.6) is 17.2 Å². The number of carbonyl (C=O) groups is 3. The maximum absolute atomic E-state index is 12.0. The third kappa shape index (κ3) is 5.16. The minimum absolute atomic E-state index is 0.149. The third-order valence-corrected chi connectivity index (χ3v) is 4.14. The molecule has 29 heavy (non-hydrogen) atoms. The van der Waals surface area contributed by atoms with Gasteiger partial charge in [0, 0.05) is 0 Å². The van der Waals surface area contributed by atoms with Crippen molar-refractivity contribution in [1.29, 1.82) is 0 Å². The molecule has 0 bridgehead atoms. The fraction of sp³-hybridized carbons (Fsp3) is 0.250. The number of nitrogens with one attached hydrogen (secondary N) is 1. The molecule has 0 spiro atoms. The van der Waals surface area contributed by atoms with Crippen LogP contribution in [0.2, 0.25) is 0 Å². The second-order valence-electron chi connectivity index (χ2n) is 6.21. The van der Waals surface area contributed by atoms with Gasteiger partial charge in [0.05, 0.1) is 11.6 Å². The van der Waals surface area contributed by atoms with Crippen molar-refractivity contribution in [1.82, 2.24) is 5.32 Å². The highest BCUT2D eigenvalue weighted by atomic mass is 16.7. The number of ether oxygens (including phenoxy) is 4. The number of carbonyl (C=O) groups excluding carboxylic acids is 3. The molecular formula is C20H20N2O7. The van der Waals surface area contributed by atoms with Gasteiger partial charge in [-0.05, 0) is 36.8 Å². The summed E-state index contributed by atoms with van der Waals surface area (Å²) in [7, 11) is 0. The van der Waals surface area contributed by atoms with Gasteiger partial charge in [-0.2, -0.15) is 0 Å². The summed E-state index contributed by atoms with van der Waals surface area (Å²) in [4.78, 5) is 35.2. The zero-order valence-corrected chi connectivity index (χ0v) is 15.7. The minimum atomic E-state index is -0.754. The largest absolute Gasteiger partial charge is 0.481 e. The lowest BCUT2D eigenvalue weighted by Gasteiger charge is -2.15. The van der Waals surface area contributed by atoms with Crippen LogP contribution in [-0.2, 0) is 14.3 Å². The molecule has 1 heterocycles. The van der Waals surface area contributed by atoms with E-state index in [1.54, 1.807) is 31.2 Å². The standard InChI is InChI=1S/C20H20N2O7/c1-12(13-6-7-16-17(8-13)29-11-28-16)22-18(23)9-27-19(24)10-26-15-5-3-2-4-14(15)20(21)25/h2-8,12H,9-11H2,1H3,(H2,21,25)(H,22,23)/t12-/m0/s1. The van der Waals surface area contributed by atoms with Crippen LogP contribution in [-0.4, -0.2) is 37.8 Å². The zero-order valence-electron chi connectivity index (χ0n) is 15.7. The molecule has 1 aliphatic heterocycles. The molecule has 0 aliphatic carbocycles. The average Bonchev–Trinajstić information content (AvgIpc) is 3.18. The Labute approximate surface area is 166 Å². The number of para-hydroxylation sites is 1. The number of rotatable bonds is 8. The van der Waals surface area contributed by atoms with Crippen LogP contribution in [0.4, 0.5) is 0 Å². The van der Waals surface area contributed by atoms with Crippen LogP contribution < -0.4 is 25.3 Å². The molecule has 0 radical (unpaired) electrons. The van der Waals surface area contributed by atoms with Crippen molar-refractivity contribution in [3.63, 3.8) is 0 Å². The highest BCUT2D eigenvalue weighted by Crippen LogP contribution is 2.34. The Hall–Kier alpha value is -3.75. The van der Waals surface area contributed by atoms with Crippen LogP contribution in [0, 0.1) is 0 Å². The minimum Gasteiger partial charge on any atom is -0.481 e. The van der Waals surface area contributed by atoms with Gasteiger partial charge in [-0.25, -0.2) is 4.79 Å². The second kappa shape index (κ2) is 8.96. The van der Waals surface area contributed by atoms with E-state index < -0.39 is 31.0 Å². The number of amides is 2. The van der Waals surface area contributed by atoms with Crippen molar-refractivity contribution in [2.45, 2.75) is 13.0 Å². The SMILES string of the molecule is C[C@H](NC(=O)COC(=O)COc1ccccc1C(N)=O)c1ccc2c(c1)OCO2. The molecule has 2 aromatic carbocycles. The predicted octanol–water partition coefficient (Wildman–Crippen LogP) is 1.31. The van der Waals surface area contributed by atoms with E-state index >= 15 is 0 Å². The Morgan fingerprint density at radius 3 is 2.66 bits per heavy atom. The Morgan fingerprint density at radius 1 is 1.10 bits per heavy atom. The molecule has 2 amide bonds. The lowest BCUT2D eigenvalue weighted by atomic mass is 10.1. The first-order valence-electron chi connectivity index (χ1n) is 8.80. The summed E-state index contributed by atoms with van der Waals surface area (Å²) in [5.74, 6) is -0.470. The van der Waals surface area contributed by atoms with E-state index in [1.807, 2.05) is 6.07 Å². The maximum Gasteiger partial charge on any atom is 0.344 e. The summed E-state index contributed by atoms with van der Waals surface area (Å²) in [6, 6.07) is 11.3. The van der Waals surface area contributed by atoms with Gasteiger partial charge in [-0.15, -0.1) is 0 Å². The first-order chi connectivity index (χ1) is 13.9. The smallest absolute Gasteiger partial charge is 0.344 e. The molecule has 1 atom stereocenters. The van der Waals surface area contributed by atoms with Crippen LogP contribution in [0.15, 0.2) is 42.5 Å². The van der Waals surface area contributed by atoms with Crippen molar-refractivity contribution in [3.8, 4) is 17.2 Å². The lowest BCUT2D eigenvalue weighted by Crippen LogP contribution is -2.32. The summed E-state index contributed by atoms with van der Waals surface area (Å²) in [6.45, 7) is 1.03. The topological polar surface area (TPSA) is 126 Å². The highest BCUT2D eigenvalue weighted by Gasteiger charge is 2.18. The van der Waals surface area contributed by atoms with Crippen molar-refractivity contribution in [3.05, 3.63) is 53.6 Å². The third-order valence-electron chi connectivity index (χ3n) is 4.14. The van der Waals surface area contributed by atoms with E-state index in [1.165, 1.54) is 12.1 Å². The van der Waals surface area contributed by atoms with Crippen molar-refractivity contribution < 1.29 is 33.3 Å². The van der Waals surface area contributed by atoms with E-state index in [9.17, 15) is 14.4 Å². The van der Waals surface area contributed by atoms with Gasteiger partial charge in [0.25, 0.3) is 11.8 Å². The Kier molecular flexibility index (Phi) is 6.18. The molecule has 0 unspecified atom stereocenters. The second-order valence-corrected chi connectivity index (χ2v) is 6.21. The summed E-state index contributed by atoms with van der Waals surface area (Å²) in [5.41, 5.74) is 6.21. The molecule has 3 N–H and O–H groups in total. The molecule has 152 valence electrons. The summed E-state index contributed by atoms with van der Waals surface area (Å²) in [6.07, 6.45) is 0. The number of hydrogen-bond donors (Lipinski definition) is 2. The number of primary amides is 1. The number of nitrogens with two attached hydrogens (primary N) is 1. The number of esters is 1. The summed E-state index contributed by atoms with van der Waals surface area (Å²) < 4.78 is 20.7. The summed E-state index contributed by atoms with van der Waals surface area (Å²) >= 11 is 0. The van der Waals surface area contributed by atoms with Gasteiger partial charge in [0.15, 0.2) is 24.7 Å². The highest BCUT2D eigenvalue weighted by molar-refractivity contribution is 5.95. The molecular weight excluding hydrogens is 380 g/mol. The van der Waals surface area contributed by atoms with E-state index in [0.717, 1.165) is 5.56 Å². The van der Waals surface area contributed by atoms with Gasteiger partial charge < -0.3 is 30.0 Å². The Bertz CT molecular complexity index is 929. The van der Waals surface area contributed by atoms with Crippen molar-refractivity contribution in [2.24, 2.45) is 5.73 Å². The molecule has 0 aromatic heterocycles. The fourth-order valence-corrected chi connectivity index (χ4v) is 2.67. The van der Waals surface area contributed by atoms with Crippen LogP contribution in [0.25, 0.3) is 0 Å². The molecule has 0 fully saturated rings. The monoisotopic (exact) mass is 400 g/mol. The molecule has 0 saturated heterocycles. The number of fused-ring (bicyclic) bond motifs is 1. The van der Waals surface area contributed by atoms with Crippen LogP contribution >= 0.6 is 0 Å².